The van der Waals surface area contributed by atoms with Gasteiger partial charge in [0, 0.05) is 30.2 Å². The topological polar surface area (TPSA) is 100 Å². The van der Waals surface area contributed by atoms with Crippen LogP contribution in [-0.4, -0.2) is 74.3 Å². The van der Waals surface area contributed by atoms with Crippen LogP contribution >= 0.6 is 0 Å². The summed E-state index contributed by atoms with van der Waals surface area (Å²) in [5.74, 6) is 1.76. The molecular formula is C39H51N3O7. The van der Waals surface area contributed by atoms with Gasteiger partial charge in [0.05, 0.1) is 19.7 Å². The van der Waals surface area contributed by atoms with Gasteiger partial charge in [0.15, 0.2) is 11.5 Å². The molecule has 0 radical (unpaired) electrons. The summed E-state index contributed by atoms with van der Waals surface area (Å²) in [7, 11) is 7.31. The van der Waals surface area contributed by atoms with Crippen LogP contribution in [0.25, 0.3) is 22.0 Å². The van der Waals surface area contributed by atoms with Crippen molar-refractivity contribution in [3.8, 4) is 28.4 Å². The fourth-order valence-electron chi connectivity index (χ4n) is 5.50. The Labute approximate surface area is 290 Å². The zero-order valence-electron chi connectivity index (χ0n) is 30.6. The van der Waals surface area contributed by atoms with E-state index >= 15 is 0 Å². The van der Waals surface area contributed by atoms with Crippen molar-refractivity contribution in [3.63, 3.8) is 0 Å². The van der Waals surface area contributed by atoms with E-state index in [9.17, 15) is 9.59 Å². The summed E-state index contributed by atoms with van der Waals surface area (Å²) < 4.78 is 31.1. The molecule has 1 heterocycles. The second-order valence-corrected chi connectivity index (χ2v) is 14.2. The number of carbonyl (C=O) groups excluding carboxylic acids is 2. The highest BCUT2D eigenvalue weighted by atomic mass is 16.6. The van der Waals surface area contributed by atoms with E-state index in [1.165, 1.54) is 4.57 Å². The Morgan fingerprint density at radius 3 is 2.12 bits per heavy atom. The summed E-state index contributed by atoms with van der Waals surface area (Å²) in [6.45, 7) is 12.3. The highest BCUT2D eigenvalue weighted by Gasteiger charge is 2.26. The Morgan fingerprint density at radius 1 is 0.816 bits per heavy atom. The molecule has 10 heteroatoms. The number of hydrogen-bond acceptors (Lipinski definition) is 8. The number of amides is 1. The van der Waals surface area contributed by atoms with E-state index in [2.05, 4.69) is 16.3 Å². The quantitative estimate of drug-likeness (QED) is 0.162. The maximum atomic E-state index is 13.8. The number of alkyl carbamates (subject to hydrolysis) is 1. The first kappa shape index (κ1) is 37.1. The number of hydrogen-bond donors (Lipinski definition) is 1. The molecule has 0 bridgehead atoms. The van der Waals surface area contributed by atoms with Crippen LogP contribution < -0.4 is 19.5 Å². The summed E-state index contributed by atoms with van der Waals surface area (Å²) in [6, 6.07) is 17.8. The lowest BCUT2D eigenvalue weighted by atomic mass is 9.94. The summed E-state index contributed by atoms with van der Waals surface area (Å²) in [4.78, 5) is 28.4. The van der Waals surface area contributed by atoms with E-state index in [1.54, 1.807) is 20.4 Å². The van der Waals surface area contributed by atoms with Gasteiger partial charge < -0.3 is 33.9 Å². The monoisotopic (exact) mass is 673 g/mol. The number of likely N-dealkylation sites (N-methyl/N-ethyl adjacent to an activating group) is 1. The molecule has 0 aliphatic rings. The third-order valence-electron chi connectivity index (χ3n) is 7.59. The molecule has 1 N–H and O–H groups in total. The van der Waals surface area contributed by atoms with Crippen LogP contribution in [0.2, 0.25) is 0 Å². The number of aromatic nitrogens is 1. The predicted octanol–water partition coefficient (Wildman–Crippen LogP) is 7.86. The van der Waals surface area contributed by atoms with Crippen LogP contribution in [0.4, 0.5) is 9.59 Å². The van der Waals surface area contributed by atoms with E-state index in [-0.39, 0.29) is 6.54 Å². The number of fused-ring (bicyclic) bond motifs is 1. The van der Waals surface area contributed by atoms with E-state index in [0.717, 1.165) is 46.2 Å². The lowest BCUT2D eigenvalue weighted by Crippen LogP contribution is -2.33. The minimum absolute atomic E-state index is 0.278. The zero-order valence-corrected chi connectivity index (χ0v) is 30.6. The van der Waals surface area contributed by atoms with Crippen LogP contribution in [-0.2, 0) is 28.9 Å². The number of nitrogens with zero attached hydrogens (tertiary/aromatic N) is 2. The minimum atomic E-state index is -0.730. The molecule has 264 valence electrons. The summed E-state index contributed by atoms with van der Waals surface area (Å²) in [5.41, 5.74) is 3.73. The highest BCUT2D eigenvalue weighted by Crippen LogP contribution is 2.45. The van der Waals surface area contributed by atoms with E-state index < -0.39 is 23.4 Å². The number of benzene rings is 3. The molecule has 0 atom stereocenters. The Bertz CT molecular complexity index is 1750. The Morgan fingerprint density at radius 2 is 1.51 bits per heavy atom. The third-order valence-corrected chi connectivity index (χ3v) is 7.59. The largest absolute Gasteiger partial charge is 0.493 e. The highest BCUT2D eigenvalue weighted by molar-refractivity contribution is 5.99. The lowest BCUT2D eigenvalue weighted by molar-refractivity contribution is 0.0521. The van der Waals surface area contributed by atoms with E-state index in [4.69, 9.17) is 23.7 Å². The molecule has 0 aliphatic heterocycles. The molecule has 0 unspecified atom stereocenters. The molecule has 1 amide bonds. The van der Waals surface area contributed by atoms with Crippen LogP contribution in [0.3, 0.4) is 0 Å². The Balaban J connectivity index is 1.95. The molecule has 0 saturated heterocycles. The van der Waals surface area contributed by atoms with Crippen molar-refractivity contribution in [1.29, 1.82) is 0 Å². The normalized spacial score (nSPS) is 11.8. The van der Waals surface area contributed by atoms with Crippen molar-refractivity contribution >= 4 is 23.1 Å². The number of rotatable bonds is 12. The number of methoxy groups -OCH3 is 2. The van der Waals surface area contributed by atoms with Gasteiger partial charge in [0.1, 0.15) is 23.6 Å². The number of nitrogens with one attached hydrogen (secondary N) is 1. The van der Waals surface area contributed by atoms with Crippen LogP contribution in [0.1, 0.15) is 58.2 Å². The van der Waals surface area contributed by atoms with Crippen molar-refractivity contribution in [2.75, 3.05) is 41.4 Å². The molecule has 0 fully saturated rings. The van der Waals surface area contributed by atoms with E-state index in [1.807, 2.05) is 104 Å². The van der Waals surface area contributed by atoms with Gasteiger partial charge in [-0.25, -0.2) is 9.59 Å². The first-order valence-corrected chi connectivity index (χ1v) is 16.5. The van der Waals surface area contributed by atoms with Crippen LogP contribution in [0.15, 0.2) is 60.8 Å². The minimum Gasteiger partial charge on any atom is -0.493 e. The SMILES string of the molecule is COc1ccc(CCN(C)C)c(-c2cc(OCc3ccccc3)c3c(CCNC(=O)OC(C)(C)C)cn(C(=O)OC(C)(C)C)c3c2)c1OC. The lowest BCUT2D eigenvalue weighted by Gasteiger charge is -2.21. The standard InChI is InChI=1S/C39H51N3O7/c1-38(2,3)48-36(43)40-20-18-28-24-42(37(44)49-39(4,5)6)30-22-29(23-32(34(28)30)47-25-26-14-12-11-13-15-26)33-27(19-21-41(7)8)16-17-31(45-9)35(33)46-10/h11-17,22-24H,18-21,25H2,1-10H3,(H,40,43). The smallest absolute Gasteiger partial charge is 0.419 e. The summed E-state index contributed by atoms with van der Waals surface area (Å²) >= 11 is 0. The molecule has 4 aromatic rings. The molecular weight excluding hydrogens is 622 g/mol. The van der Waals surface area contributed by atoms with Gasteiger partial charge >= 0.3 is 12.2 Å². The van der Waals surface area contributed by atoms with Crippen molar-refractivity contribution in [1.82, 2.24) is 14.8 Å². The molecule has 1 aromatic heterocycles. The molecule has 10 nitrogen and oxygen atoms in total. The number of ether oxygens (including phenoxy) is 5. The van der Waals surface area contributed by atoms with Crippen LogP contribution in [0, 0.1) is 0 Å². The summed E-state index contributed by atoms with van der Waals surface area (Å²) in [5, 5.41) is 3.58. The van der Waals surface area contributed by atoms with Crippen molar-refractivity contribution in [2.24, 2.45) is 0 Å². The van der Waals surface area contributed by atoms with E-state index in [0.29, 0.717) is 35.8 Å². The Kier molecular flexibility index (Phi) is 11.9. The average molecular weight is 674 g/mol. The van der Waals surface area contributed by atoms with Gasteiger partial charge in [-0.15, -0.1) is 0 Å². The number of carbonyl (C=O) groups is 2. The average Bonchev–Trinajstić information content (AvgIpc) is 3.39. The van der Waals surface area contributed by atoms with Crippen molar-refractivity contribution in [2.45, 2.75) is 72.2 Å². The second kappa shape index (κ2) is 15.7. The van der Waals surface area contributed by atoms with Crippen LogP contribution in [0.5, 0.6) is 17.2 Å². The maximum absolute atomic E-state index is 13.8. The molecule has 4 rings (SSSR count). The van der Waals surface area contributed by atoms with Gasteiger partial charge in [-0.1, -0.05) is 36.4 Å². The van der Waals surface area contributed by atoms with Gasteiger partial charge in [-0.2, -0.15) is 0 Å². The molecule has 0 saturated carbocycles. The summed E-state index contributed by atoms with van der Waals surface area (Å²) in [6.07, 6.45) is 1.88. The van der Waals surface area contributed by atoms with Crippen molar-refractivity contribution < 1.29 is 33.3 Å². The van der Waals surface area contributed by atoms with Gasteiger partial charge in [-0.3, -0.25) is 4.57 Å². The molecule has 0 aliphatic carbocycles. The van der Waals surface area contributed by atoms with Gasteiger partial charge in [0.2, 0.25) is 0 Å². The van der Waals surface area contributed by atoms with Gasteiger partial charge in [0.25, 0.3) is 0 Å². The first-order chi connectivity index (χ1) is 23.1. The fraction of sp³-hybridized carbons (Fsp3) is 0.436. The van der Waals surface area contributed by atoms with Crippen molar-refractivity contribution in [3.05, 3.63) is 77.5 Å². The second-order valence-electron chi connectivity index (χ2n) is 14.2. The fourth-order valence-corrected chi connectivity index (χ4v) is 5.50. The molecule has 3 aromatic carbocycles. The predicted molar refractivity (Wildman–Crippen MR) is 193 cm³/mol. The maximum Gasteiger partial charge on any atom is 0.419 e. The Hall–Kier alpha value is -4.70. The molecule has 0 spiro atoms. The third kappa shape index (κ3) is 9.92. The first-order valence-electron chi connectivity index (χ1n) is 16.5. The zero-order chi connectivity index (χ0) is 35.9. The molecule has 49 heavy (non-hydrogen) atoms. The van der Waals surface area contributed by atoms with Gasteiger partial charge in [-0.05, 0) is 109 Å².